The number of nitrogens with one attached hydrogen (secondary N) is 2. The first-order chi connectivity index (χ1) is 11.2. The molecule has 0 fully saturated rings. The topological polar surface area (TPSA) is 105 Å². The zero-order valence-electron chi connectivity index (χ0n) is 14.6. The lowest BCUT2D eigenvalue weighted by molar-refractivity contribution is -0.127. The van der Waals surface area contributed by atoms with Crippen LogP contribution in [0.2, 0.25) is 0 Å². The summed E-state index contributed by atoms with van der Waals surface area (Å²) in [4.78, 5) is 36.7. The minimum atomic E-state index is -0.625. The predicted molar refractivity (Wildman–Crippen MR) is 92.1 cm³/mol. The van der Waals surface area contributed by atoms with Gasteiger partial charge in [-0.3, -0.25) is 14.4 Å². The van der Waals surface area contributed by atoms with Crippen molar-refractivity contribution in [3.8, 4) is 0 Å². The first-order valence-corrected chi connectivity index (χ1v) is 7.83. The van der Waals surface area contributed by atoms with E-state index in [9.17, 15) is 14.4 Å². The summed E-state index contributed by atoms with van der Waals surface area (Å²) in [6.45, 7) is 3.89. The fraction of sp³-hybridized carbons (Fsp3) is 0.471. The molecule has 0 saturated heterocycles. The first kappa shape index (κ1) is 19.6. The van der Waals surface area contributed by atoms with E-state index in [-0.39, 0.29) is 30.2 Å². The van der Waals surface area contributed by atoms with Gasteiger partial charge in [0.05, 0.1) is 12.6 Å². The normalized spacial score (nSPS) is 11.8. The number of amides is 3. The van der Waals surface area contributed by atoms with Crippen molar-refractivity contribution in [2.75, 3.05) is 20.6 Å². The van der Waals surface area contributed by atoms with E-state index in [4.69, 9.17) is 5.73 Å². The molecule has 0 aromatic heterocycles. The second kappa shape index (κ2) is 9.02. The SMILES string of the molecule is CC(C)[C@H](N)C(=O)NCC(=O)NCc1ccc(C(=O)N(C)C)cc1. The molecule has 1 aromatic rings. The quantitative estimate of drug-likeness (QED) is 0.658. The standard InChI is InChI=1S/C17H26N4O3/c1-11(2)15(18)16(23)20-10-14(22)19-9-12-5-7-13(8-6-12)17(24)21(3)4/h5-8,11,15H,9-10,18H2,1-4H3,(H,19,22)(H,20,23)/t15-/m0/s1. The molecule has 24 heavy (non-hydrogen) atoms. The molecule has 3 amide bonds. The fourth-order valence-corrected chi connectivity index (χ4v) is 1.87. The van der Waals surface area contributed by atoms with Crippen LogP contribution >= 0.6 is 0 Å². The number of nitrogens with zero attached hydrogens (tertiary/aromatic N) is 1. The molecule has 1 rings (SSSR count). The lowest BCUT2D eigenvalue weighted by atomic mass is 10.1. The van der Waals surface area contributed by atoms with Gasteiger partial charge in [-0.1, -0.05) is 26.0 Å². The summed E-state index contributed by atoms with van der Waals surface area (Å²) in [5.74, 6) is -0.703. The maximum Gasteiger partial charge on any atom is 0.253 e. The highest BCUT2D eigenvalue weighted by Gasteiger charge is 2.17. The molecule has 0 unspecified atom stereocenters. The summed E-state index contributed by atoms with van der Waals surface area (Å²) in [6, 6.07) is 6.37. The Labute approximate surface area is 142 Å². The van der Waals surface area contributed by atoms with Crippen molar-refractivity contribution in [1.29, 1.82) is 0 Å². The third-order valence-corrected chi connectivity index (χ3v) is 3.54. The molecule has 0 aliphatic rings. The summed E-state index contributed by atoms with van der Waals surface area (Å²) in [7, 11) is 3.38. The number of nitrogens with two attached hydrogens (primary N) is 1. The van der Waals surface area contributed by atoms with Gasteiger partial charge >= 0.3 is 0 Å². The van der Waals surface area contributed by atoms with Crippen molar-refractivity contribution in [3.63, 3.8) is 0 Å². The van der Waals surface area contributed by atoms with Gasteiger partial charge in [0, 0.05) is 26.2 Å². The molecule has 0 aliphatic carbocycles. The van der Waals surface area contributed by atoms with Crippen molar-refractivity contribution in [1.82, 2.24) is 15.5 Å². The number of carbonyl (C=O) groups is 3. The van der Waals surface area contributed by atoms with E-state index < -0.39 is 6.04 Å². The Morgan fingerprint density at radius 1 is 1.08 bits per heavy atom. The monoisotopic (exact) mass is 334 g/mol. The number of rotatable bonds is 7. The summed E-state index contributed by atoms with van der Waals surface area (Å²) in [5, 5.41) is 5.21. The Balaban J connectivity index is 2.42. The molecule has 0 heterocycles. The molecule has 0 saturated carbocycles. The fourth-order valence-electron chi connectivity index (χ4n) is 1.87. The maximum absolute atomic E-state index is 11.8. The lowest BCUT2D eigenvalue weighted by Crippen LogP contribution is -2.47. The van der Waals surface area contributed by atoms with Gasteiger partial charge in [-0.15, -0.1) is 0 Å². The van der Waals surface area contributed by atoms with Crippen LogP contribution in [0.4, 0.5) is 0 Å². The van der Waals surface area contributed by atoms with Crippen LogP contribution in [-0.4, -0.2) is 49.3 Å². The van der Waals surface area contributed by atoms with Crippen LogP contribution in [-0.2, 0) is 16.1 Å². The summed E-state index contributed by atoms with van der Waals surface area (Å²) in [6.07, 6.45) is 0. The highest BCUT2D eigenvalue weighted by Crippen LogP contribution is 2.06. The van der Waals surface area contributed by atoms with Crippen LogP contribution in [0.5, 0.6) is 0 Å². The summed E-state index contributed by atoms with van der Waals surface area (Å²) in [5.41, 5.74) is 7.15. The van der Waals surface area contributed by atoms with Crippen molar-refractivity contribution in [2.24, 2.45) is 11.7 Å². The number of carbonyl (C=O) groups excluding carboxylic acids is 3. The Hall–Kier alpha value is -2.41. The van der Waals surface area contributed by atoms with E-state index in [0.717, 1.165) is 5.56 Å². The molecule has 7 heteroatoms. The largest absolute Gasteiger partial charge is 0.350 e. The zero-order valence-corrected chi connectivity index (χ0v) is 14.6. The second-order valence-corrected chi connectivity index (χ2v) is 6.16. The van der Waals surface area contributed by atoms with Gasteiger partial charge < -0.3 is 21.3 Å². The van der Waals surface area contributed by atoms with Crippen molar-refractivity contribution >= 4 is 17.7 Å². The Kier molecular flexibility index (Phi) is 7.38. The van der Waals surface area contributed by atoms with E-state index >= 15 is 0 Å². The Bertz CT molecular complexity index is 582. The highest BCUT2D eigenvalue weighted by molar-refractivity contribution is 5.93. The van der Waals surface area contributed by atoms with Gasteiger partial charge in [0.2, 0.25) is 11.8 Å². The average Bonchev–Trinajstić information content (AvgIpc) is 2.56. The summed E-state index contributed by atoms with van der Waals surface area (Å²) >= 11 is 0. The van der Waals surface area contributed by atoms with E-state index in [1.165, 1.54) is 4.90 Å². The highest BCUT2D eigenvalue weighted by atomic mass is 16.2. The van der Waals surface area contributed by atoms with Crippen LogP contribution in [0.25, 0.3) is 0 Å². The molecule has 4 N–H and O–H groups in total. The minimum Gasteiger partial charge on any atom is -0.350 e. The van der Waals surface area contributed by atoms with E-state index in [2.05, 4.69) is 10.6 Å². The molecular formula is C17H26N4O3. The molecule has 7 nitrogen and oxygen atoms in total. The molecule has 1 atom stereocenters. The van der Waals surface area contributed by atoms with Crippen LogP contribution in [0.1, 0.15) is 29.8 Å². The second-order valence-electron chi connectivity index (χ2n) is 6.16. The number of hydrogen-bond donors (Lipinski definition) is 3. The lowest BCUT2D eigenvalue weighted by Gasteiger charge is -2.15. The molecule has 0 spiro atoms. The maximum atomic E-state index is 11.8. The minimum absolute atomic E-state index is 0.0106. The molecule has 1 aromatic carbocycles. The van der Waals surface area contributed by atoms with E-state index in [0.29, 0.717) is 12.1 Å². The summed E-state index contributed by atoms with van der Waals surface area (Å²) < 4.78 is 0. The van der Waals surface area contributed by atoms with Gasteiger partial charge in [0.1, 0.15) is 0 Å². The van der Waals surface area contributed by atoms with Crippen LogP contribution < -0.4 is 16.4 Å². The van der Waals surface area contributed by atoms with Gasteiger partial charge in [0.25, 0.3) is 5.91 Å². The van der Waals surface area contributed by atoms with Crippen molar-refractivity contribution in [3.05, 3.63) is 35.4 Å². The van der Waals surface area contributed by atoms with Gasteiger partial charge in [-0.2, -0.15) is 0 Å². The smallest absolute Gasteiger partial charge is 0.253 e. The van der Waals surface area contributed by atoms with Crippen LogP contribution in [0.3, 0.4) is 0 Å². The molecule has 0 bridgehead atoms. The van der Waals surface area contributed by atoms with Gasteiger partial charge in [-0.25, -0.2) is 0 Å². The van der Waals surface area contributed by atoms with E-state index in [1.54, 1.807) is 38.4 Å². The van der Waals surface area contributed by atoms with Crippen LogP contribution in [0.15, 0.2) is 24.3 Å². The zero-order chi connectivity index (χ0) is 18.3. The predicted octanol–water partition coefficient (Wildman–Crippen LogP) is 0.104. The average molecular weight is 334 g/mol. The van der Waals surface area contributed by atoms with Gasteiger partial charge in [0.15, 0.2) is 0 Å². The first-order valence-electron chi connectivity index (χ1n) is 7.83. The third-order valence-electron chi connectivity index (χ3n) is 3.54. The number of benzene rings is 1. The molecule has 0 aliphatic heterocycles. The third kappa shape index (κ3) is 6.00. The molecular weight excluding hydrogens is 308 g/mol. The molecule has 0 radical (unpaired) electrons. The van der Waals surface area contributed by atoms with Crippen molar-refractivity contribution < 1.29 is 14.4 Å². The van der Waals surface area contributed by atoms with Gasteiger partial charge in [-0.05, 0) is 23.6 Å². The molecule has 132 valence electrons. The van der Waals surface area contributed by atoms with Crippen molar-refractivity contribution in [2.45, 2.75) is 26.4 Å². The Morgan fingerprint density at radius 2 is 1.67 bits per heavy atom. The number of hydrogen-bond acceptors (Lipinski definition) is 4. The van der Waals surface area contributed by atoms with Crippen LogP contribution in [0, 0.1) is 5.92 Å². The Morgan fingerprint density at radius 3 is 2.17 bits per heavy atom. The van der Waals surface area contributed by atoms with E-state index in [1.807, 2.05) is 13.8 Å².